The molecule has 7 heteroatoms. The maximum Gasteiger partial charge on any atom is 0.274 e. The Labute approximate surface area is 165 Å². The van der Waals surface area contributed by atoms with E-state index < -0.39 is 0 Å². The standard InChI is InChI=1S/C21H29N5O2/c1-14-3-6-17(19(11-14)28-13-16-4-5-16)12-23-21(27)20-15(2)26(25-24-20)18-7-9-22-10-8-18/h3,6,11,16,18,22H,4-5,7-10,12-13H2,1-2H3,(H,23,27). The van der Waals surface area contributed by atoms with E-state index in [4.69, 9.17) is 4.74 Å². The van der Waals surface area contributed by atoms with Crippen LogP contribution in [0.15, 0.2) is 18.2 Å². The summed E-state index contributed by atoms with van der Waals surface area (Å²) in [7, 11) is 0. The highest BCUT2D eigenvalue weighted by Gasteiger charge is 2.24. The Morgan fingerprint density at radius 1 is 1.25 bits per heavy atom. The van der Waals surface area contributed by atoms with E-state index in [1.54, 1.807) is 0 Å². The Bertz CT molecular complexity index is 837. The third-order valence-corrected chi connectivity index (χ3v) is 5.63. The van der Waals surface area contributed by atoms with Gasteiger partial charge in [0.2, 0.25) is 0 Å². The number of nitrogens with zero attached hydrogens (tertiary/aromatic N) is 3. The van der Waals surface area contributed by atoms with Gasteiger partial charge in [-0.2, -0.15) is 0 Å². The Morgan fingerprint density at radius 2 is 2.04 bits per heavy atom. The Kier molecular flexibility index (Phi) is 5.62. The first kappa shape index (κ1) is 18.9. The van der Waals surface area contributed by atoms with Crippen molar-refractivity contribution in [2.75, 3.05) is 19.7 Å². The minimum absolute atomic E-state index is 0.189. The third-order valence-electron chi connectivity index (χ3n) is 5.63. The zero-order valence-corrected chi connectivity index (χ0v) is 16.7. The molecule has 7 nitrogen and oxygen atoms in total. The van der Waals surface area contributed by atoms with Crippen LogP contribution < -0.4 is 15.4 Å². The first-order valence-corrected chi connectivity index (χ1v) is 10.2. The molecule has 1 saturated heterocycles. The summed E-state index contributed by atoms with van der Waals surface area (Å²) in [4.78, 5) is 12.7. The van der Waals surface area contributed by atoms with Crippen LogP contribution in [0.3, 0.4) is 0 Å². The highest BCUT2D eigenvalue weighted by molar-refractivity contribution is 5.93. The second-order valence-electron chi connectivity index (χ2n) is 8.00. The lowest BCUT2D eigenvalue weighted by molar-refractivity contribution is 0.0944. The number of aromatic nitrogens is 3. The molecule has 4 rings (SSSR count). The monoisotopic (exact) mass is 383 g/mol. The van der Waals surface area contributed by atoms with Crippen LogP contribution in [0, 0.1) is 19.8 Å². The van der Waals surface area contributed by atoms with E-state index in [2.05, 4.69) is 27.9 Å². The molecule has 2 aromatic rings. The molecule has 0 unspecified atom stereocenters. The summed E-state index contributed by atoms with van der Waals surface area (Å²) >= 11 is 0. The van der Waals surface area contributed by atoms with Gasteiger partial charge in [0.25, 0.3) is 5.91 Å². The maximum absolute atomic E-state index is 12.7. The largest absolute Gasteiger partial charge is 0.493 e. The Morgan fingerprint density at radius 3 is 2.79 bits per heavy atom. The topological polar surface area (TPSA) is 81.1 Å². The predicted octanol–water partition coefficient (Wildman–Crippen LogP) is 2.54. The van der Waals surface area contributed by atoms with Gasteiger partial charge < -0.3 is 15.4 Å². The smallest absolute Gasteiger partial charge is 0.274 e. The molecule has 0 spiro atoms. The molecule has 1 saturated carbocycles. The lowest BCUT2D eigenvalue weighted by Crippen LogP contribution is -2.30. The van der Waals surface area contributed by atoms with Gasteiger partial charge in [0, 0.05) is 12.1 Å². The molecule has 150 valence electrons. The molecule has 2 heterocycles. The van der Waals surface area contributed by atoms with Crippen LogP contribution in [0.4, 0.5) is 0 Å². The summed E-state index contributed by atoms with van der Waals surface area (Å²) in [6, 6.07) is 6.43. The summed E-state index contributed by atoms with van der Waals surface area (Å²) in [5.74, 6) is 1.37. The van der Waals surface area contributed by atoms with Gasteiger partial charge in [-0.15, -0.1) is 5.10 Å². The summed E-state index contributed by atoms with van der Waals surface area (Å²) in [5.41, 5.74) is 3.38. The Hall–Kier alpha value is -2.41. The van der Waals surface area contributed by atoms with Crippen molar-refractivity contribution >= 4 is 5.91 Å². The van der Waals surface area contributed by atoms with Gasteiger partial charge in [0.05, 0.1) is 18.3 Å². The molecule has 0 atom stereocenters. The van der Waals surface area contributed by atoms with Crippen molar-refractivity contribution in [2.45, 2.75) is 52.1 Å². The minimum atomic E-state index is -0.189. The predicted molar refractivity (Wildman–Crippen MR) is 106 cm³/mol. The second kappa shape index (κ2) is 8.31. The number of hydrogen-bond acceptors (Lipinski definition) is 5. The van der Waals surface area contributed by atoms with E-state index >= 15 is 0 Å². The average molecular weight is 383 g/mol. The van der Waals surface area contributed by atoms with Crippen molar-refractivity contribution in [1.82, 2.24) is 25.6 Å². The normalized spacial score (nSPS) is 17.5. The molecule has 1 aliphatic carbocycles. The third kappa shape index (κ3) is 4.35. The number of piperidine rings is 1. The number of rotatable bonds is 7. The fourth-order valence-corrected chi connectivity index (χ4v) is 3.64. The zero-order valence-electron chi connectivity index (χ0n) is 16.7. The molecule has 2 N–H and O–H groups in total. The van der Waals surface area contributed by atoms with Gasteiger partial charge in [-0.05, 0) is 70.2 Å². The van der Waals surface area contributed by atoms with Crippen LogP contribution in [0.25, 0.3) is 0 Å². The molecule has 2 fully saturated rings. The maximum atomic E-state index is 12.7. The van der Waals surface area contributed by atoms with E-state index in [0.29, 0.717) is 24.2 Å². The quantitative estimate of drug-likeness (QED) is 0.768. The molecule has 0 radical (unpaired) electrons. The summed E-state index contributed by atoms with van der Waals surface area (Å²) in [6.07, 6.45) is 4.53. The molecular weight excluding hydrogens is 354 g/mol. The van der Waals surface area contributed by atoms with Gasteiger partial charge in [-0.25, -0.2) is 4.68 Å². The Balaban J connectivity index is 1.41. The van der Waals surface area contributed by atoms with Gasteiger partial charge in [-0.1, -0.05) is 17.3 Å². The SMILES string of the molecule is Cc1ccc(CNC(=O)c2nnn(C3CCNCC3)c2C)c(OCC2CC2)c1. The van der Waals surface area contributed by atoms with Gasteiger partial charge in [0.1, 0.15) is 5.75 Å². The van der Waals surface area contributed by atoms with Crippen molar-refractivity contribution in [2.24, 2.45) is 5.92 Å². The molecule has 1 aromatic carbocycles. The molecular formula is C21H29N5O2. The molecule has 1 amide bonds. The number of carbonyl (C=O) groups excluding carboxylic acids is 1. The highest BCUT2D eigenvalue weighted by atomic mass is 16.5. The molecule has 1 aromatic heterocycles. The number of aryl methyl sites for hydroxylation is 1. The van der Waals surface area contributed by atoms with Crippen molar-refractivity contribution in [3.05, 3.63) is 40.7 Å². The zero-order chi connectivity index (χ0) is 19.5. The molecule has 0 bridgehead atoms. The number of carbonyl (C=O) groups is 1. The van der Waals surface area contributed by atoms with E-state index in [0.717, 1.165) is 55.1 Å². The molecule has 1 aliphatic heterocycles. The lowest BCUT2D eigenvalue weighted by atomic mass is 10.1. The van der Waals surface area contributed by atoms with E-state index in [1.807, 2.05) is 29.8 Å². The first-order chi connectivity index (χ1) is 13.6. The van der Waals surface area contributed by atoms with Crippen LogP contribution in [-0.2, 0) is 6.54 Å². The first-order valence-electron chi connectivity index (χ1n) is 10.2. The second-order valence-corrected chi connectivity index (χ2v) is 8.00. The number of amides is 1. The van der Waals surface area contributed by atoms with E-state index in [-0.39, 0.29) is 5.91 Å². The summed E-state index contributed by atoms with van der Waals surface area (Å²) in [6.45, 7) is 7.10. The fourth-order valence-electron chi connectivity index (χ4n) is 3.64. The van der Waals surface area contributed by atoms with Crippen LogP contribution >= 0.6 is 0 Å². The van der Waals surface area contributed by atoms with Gasteiger partial charge >= 0.3 is 0 Å². The molecule has 28 heavy (non-hydrogen) atoms. The van der Waals surface area contributed by atoms with Crippen LogP contribution in [0.2, 0.25) is 0 Å². The minimum Gasteiger partial charge on any atom is -0.493 e. The summed E-state index contributed by atoms with van der Waals surface area (Å²) in [5, 5.41) is 14.7. The van der Waals surface area contributed by atoms with Crippen molar-refractivity contribution in [3.63, 3.8) is 0 Å². The highest BCUT2D eigenvalue weighted by Crippen LogP contribution is 2.30. The van der Waals surface area contributed by atoms with Crippen molar-refractivity contribution in [3.8, 4) is 5.75 Å². The number of benzene rings is 1. The summed E-state index contributed by atoms with van der Waals surface area (Å²) < 4.78 is 7.91. The number of hydrogen-bond donors (Lipinski definition) is 2. The van der Waals surface area contributed by atoms with Crippen LogP contribution in [-0.4, -0.2) is 40.6 Å². The van der Waals surface area contributed by atoms with E-state index in [1.165, 1.54) is 12.8 Å². The van der Waals surface area contributed by atoms with E-state index in [9.17, 15) is 4.79 Å². The van der Waals surface area contributed by atoms with Crippen molar-refractivity contribution in [1.29, 1.82) is 0 Å². The number of ether oxygens (including phenoxy) is 1. The lowest BCUT2D eigenvalue weighted by Gasteiger charge is -2.23. The van der Waals surface area contributed by atoms with Crippen LogP contribution in [0.5, 0.6) is 5.75 Å². The van der Waals surface area contributed by atoms with Crippen molar-refractivity contribution < 1.29 is 9.53 Å². The average Bonchev–Trinajstić information content (AvgIpc) is 3.46. The van der Waals surface area contributed by atoms with Gasteiger partial charge in [-0.3, -0.25) is 4.79 Å². The fraction of sp³-hybridized carbons (Fsp3) is 0.571. The molecule has 2 aliphatic rings. The van der Waals surface area contributed by atoms with Gasteiger partial charge in [0.15, 0.2) is 5.69 Å². The van der Waals surface area contributed by atoms with Crippen LogP contribution in [0.1, 0.15) is 59.0 Å². The number of nitrogens with one attached hydrogen (secondary N) is 2.